The fraction of sp³-hybridized carbons (Fsp3) is 0.462. The van der Waals surface area contributed by atoms with E-state index in [9.17, 15) is 9.90 Å². The van der Waals surface area contributed by atoms with Gasteiger partial charge in [0.1, 0.15) is 5.75 Å². The van der Waals surface area contributed by atoms with Gasteiger partial charge in [-0.1, -0.05) is 13.0 Å². The first-order valence-corrected chi connectivity index (χ1v) is 5.83. The van der Waals surface area contributed by atoms with Gasteiger partial charge in [-0.3, -0.25) is 4.79 Å². The second kappa shape index (κ2) is 5.68. The molecule has 94 valence electrons. The van der Waals surface area contributed by atoms with E-state index in [1.165, 1.54) is 0 Å². The lowest BCUT2D eigenvalue weighted by Crippen LogP contribution is -2.41. The lowest BCUT2D eigenvalue weighted by molar-refractivity contribution is -0.122. The summed E-state index contributed by atoms with van der Waals surface area (Å²) >= 11 is 0. The predicted molar refractivity (Wildman–Crippen MR) is 68.9 cm³/mol. The highest BCUT2D eigenvalue weighted by Gasteiger charge is 2.23. The van der Waals surface area contributed by atoms with Crippen molar-refractivity contribution in [1.82, 2.24) is 0 Å². The number of aromatic hydroxyl groups is 1. The van der Waals surface area contributed by atoms with E-state index in [2.05, 4.69) is 0 Å². The monoisotopic (exact) mass is 236 g/mol. The number of nitrogens with two attached hydrogens (primary N) is 1. The molecular weight excluding hydrogens is 216 g/mol. The molecule has 0 fully saturated rings. The summed E-state index contributed by atoms with van der Waals surface area (Å²) in [6.07, 6.45) is 0. The number of rotatable bonds is 4. The normalized spacial score (nSPS) is 14.1. The number of phenols is 1. The average molecular weight is 236 g/mol. The number of hydrogen-bond acceptors (Lipinski definition) is 3. The molecule has 0 aliphatic heterocycles. The molecule has 1 aromatic carbocycles. The van der Waals surface area contributed by atoms with Crippen molar-refractivity contribution in [3.05, 3.63) is 24.3 Å². The van der Waals surface area contributed by atoms with E-state index in [0.29, 0.717) is 12.2 Å². The maximum atomic E-state index is 12.2. The van der Waals surface area contributed by atoms with Gasteiger partial charge in [0.05, 0.1) is 5.92 Å². The number of amides is 1. The van der Waals surface area contributed by atoms with Gasteiger partial charge in [0.2, 0.25) is 5.91 Å². The van der Waals surface area contributed by atoms with E-state index < -0.39 is 0 Å². The highest BCUT2D eigenvalue weighted by molar-refractivity contribution is 5.95. The highest BCUT2D eigenvalue weighted by Crippen LogP contribution is 2.22. The minimum Gasteiger partial charge on any atom is -0.508 e. The quantitative estimate of drug-likeness (QED) is 0.836. The van der Waals surface area contributed by atoms with E-state index >= 15 is 0 Å². The number of carbonyl (C=O) groups excluding carboxylic acids is 1. The molecule has 2 unspecified atom stereocenters. The van der Waals surface area contributed by atoms with Crippen LogP contribution in [-0.4, -0.2) is 23.6 Å². The van der Waals surface area contributed by atoms with Crippen LogP contribution in [0, 0.1) is 5.92 Å². The Morgan fingerprint density at radius 1 is 1.47 bits per heavy atom. The summed E-state index contributed by atoms with van der Waals surface area (Å²) in [5.41, 5.74) is 6.44. The molecule has 0 heterocycles. The molecule has 17 heavy (non-hydrogen) atoms. The van der Waals surface area contributed by atoms with Crippen LogP contribution in [0.2, 0.25) is 0 Å². The maximum Gasteiger partial charge on any atom is 0.231 e. The number of carbonyl (C=O) groups is 1. The molecule has 0 aliphatic carbocycles. The first-order valence-electron chi connectivity index (χ1n) is 5.83. The zero-order valence-corrected chi connectivity index (χ0v) is 10.6. The van der Waals surface area contributed by atoms with Crippen LogP contribution in [0.4, 0.5) is 5.69 Å². The van der Waals surface area contributed by atoms with Gasteiger partial charge < -0.3 is 15.7 Å². The van der Waals surface area contributed by atoms with Gasteiger partial charge in [0, 0.05) is 24.3 Å². The first kappa shape index (κ1) is 13.5. The lowest BCUT2D eigenvalue weighted by Gasteiger charge is -2.26. The zero-order chi connectivity index (χ0) is 13.0. The van der Waals surface area contributed by atoms with E-state index in [-0.39, 0.29) is 23.6 Å². The Morgan fingerprint density at radius 3 is 2.59 bits per heavy atom. The molecule has 0 radical (unpaired) electrons. The van der Waals surface area contributed by atoms with Crippen LogP contribution in [-0.2, 0) is 4.79 Å². The first-order chi connectivity index (χ1) is 7.97. The third-order valence-electron chi connectivity index (χ3n) is 2.90. The minimum atomic E-state index is -0.239. The molecule has 0 saturated heterocycles. The molecule has 1 rings (SSSR count). The van der Waals surface area contributed by atoms with Crippen LogP contribution in [0.25, 0.3) is 0 Å². The van der Waals surface area contributed by atoms with Gasteiger partial charge >= 0.3 is 0 Å². The molecule has 4 heteroatoms. The van der Waals surface area contributed by atoms with Crippen molar-refractivity contribution in [2.75, 3.05) is 11.4 Å². The summed E-state index contributed by atoms with van der Waals surface area (Å²) in [5, 5.41) is 9.42. The van der Waals surface area contributed by atoms with Crippen molar-refractivity contribution in [1.29, 1.82) is 0 Å². The molecule has 1 aromatic rings. The summed E-state index contributed by atoms with van der Waals surface area (Å²) < 4.78 is 0. The van der Waals surface area contributed by atoms with E-state index in [0.717, 1.165) is 0 Å². The molecule has 3 N–H and O–H groups in total. The van der Waals surface area contributed by atoms with Crippen molar-refractivity contribution < 1.29 is 9.90 Å². The third-order valence-corrected chi connectivity index (χ3v) is 2.90. The fourth-order valence-corrected chi connectivity index (χ4v) is 1.60. The van der Waals surface area contributed by atoms with Crippen molar-refractivity contribution in [3.63, 3.8) is 0 Å². The summed E-state index contributed by atoms with van der Waals surface area (Å²) in [7, 11) is 0. The number of anilines is 1. The molecule has 1 amide bonds. The molecule has 4 nitrogen and oxygen atoms in total. The minimum absolute atomic E-state index is 0.0203. The summed E-state index contributed by atoms with van der Waals surface area (Å²) in [6.45, 7) is 6.09. The van der Waals surface area contributed by atoms with Gasteiger partial charge in [0.25, 0.3) is 0 Å². The van der Waals surface area contributed by atoms with E-state index in [1.807, 2.05) is 20.8 Å². The summed E-state index contributed by atoms with van der Waals surface area (Å²) in [4.78, 5) is 13.8. The van der Waals surface area contributed by atoms with Gasteiger partial charge in [0.15, 0.2) is 0 Å². The topological polar surface area (TPSA) is 66.6 Å². The largest absolute Gasteiger partial charge is 0.508 e. The highest BCUT2D eigenvalue weighted by atomic mass is 16.3. The van der Waals surface area contributed by atoms with Crippen LogP contribution in [0.1, 0.15) is 20.8 Å². The zero-order valence-electron chi connectivity index (χ0n) is 10.6. The van der Waals surface area contributed by atoms with Crippen LogP contribution in [0.15, 0.2) is 24.3 Å². The molecule has 2 atom stereocenters. The fourth-order valence-electron chi connectivity index (χ4n) is 1.60. The van der Waals surface area contributed by atoms with Crippen molar-refractivity contribution in [2.45, 2.75) is 26.8 Å². The van der Waals surface area contributed by atoms with Gasteiger partial charge in [-0.25, -0.2) is 0 Å². The van der Waals surface area contributed by atoms with Crippen molar-refractivity contribution in [2.24, 2.45) is 11.7 Å². The van der Waals surface area contributed by atoms with Gasteiger partial charge in [-0.2, -0.15) is 0 Å². The summed E-state index contributed by atoms with van der Waals surface area (Å²) in [5.74, 6) is -0.104. The number of hydrogen-bond donors (Lipinski definition) is 2. The molecule has 0 aromatic heterocycles. The number of benzene rings is 1. The molecule has 0 spiro atoms. The number of nitrogens with zero attached hydrogens (tertiary/aromatic N) is 1. The lowest BCUT2D eigenvalue weighted by atomic mass is 10.0. The van der Waals surface area contributed by atoms with Crippen LogP contribution in [0.5, 0.6) is 5.75 Å². The Labute approximate surface area is 102 Å². The van der Waals surface area contributed by atoms with Crippen LogP contribution < -0.4 is 10.6 Å². The number of phenolic OH excluding ortho intramolecular Hbond substituents is 1. The standard InChI is InChI=1S/C13H20N2O2/c1-4-15(13(17)9(2)10(3)14)11-6-5-7-12(16)8-11/h5-10,16H,4,14H2,1-3H3. The molecule has 0 saturated carbocycles. The summed E-state index contributed by atoms with van der Waals surface area (Å²) in [6, 6.07) is 6.49. The Bertz CT molecular complexity index is 391. The van der Waals surface area contributed by atoms with E-state index in [1.54, 1.807) is 29.2 Å². The second-order valence-corrected chi connectivity index (χ2v) is 4.25. The van der Waals surface area contributed by atoms with Gasteiger partial charge in [-0.15, -0.1) is 0 Å². The smallest absolute Gasteiger partial charge is 0.231 e. The van der Waals surface area contributed by atoms with Gasteiger partial charge in [-0.05, 0) is 26.0 Å². The molecule has 0 bridgehead atoms. The Morgan fingerprint density at radius 2 is 2.12 bits per heavy atom. The van der Waals surface area contributed by atoms with Crippen molar-refractivity contribution >= 4 is 11.6 Å². The average Bonchev–Trinajstić information content (AvgIpc) is 2.28. The van der Waals surface area contributed by atoms with E-state index in [4.69, 9.17) is 5.73 Å². The van der Waals surface area contributed by atoms with Crippen molar-refractivity contribution in [3.8, 4) is 5.75 Å². The Balaban J connectivity index is 2.96. The second-order valence-electron chi connectivity index (χ2n) is 4.25. The maximum absolute atomic E-state index is 12.2. The van der Waals surface area contributed by atoms with Crippen LogP contribution in [0.3, 0.4) is 0 Å². The molecule has 0 aliphatic rings. The SMILES string of the molecule is CCN(C(=O)C(C)C(C)N)c1cccc(O)c1. The Hall–Kier alpha value is -1.55. The Kier molecular flexibility index (Phi) is 4.52. The third kappa shape index (κ3) is 3.20. The molecular formula is C13H20N2O2. The van der Waals surface area contributed by atoms with Crippen LogP contribution >= 0.6 is 0 Å². The predicted octanol–water partition coefficient (Wildman–Crippen LogP) is 1.73.